The topological polar surface area (TPSA) is 26.0 Å². The van der Waals surface area contributed by atoms with E-state index in [1.54, 1.807) is 0 Å². The second-order valence-corrected chi connectivity index (χ2v) is 4.55. The Morgan fingerprint density at radius 3 is 2.30 bits per heavy atom. The van der Waals surface area contributed by atoms with Crippen molar-refractivity contribution >= 4 is 0 Å². The van der Waals surface area contributed by atoms with Crippen LogP contribution in [-0.2, 0) is 0 Å². The molecule has 1 aliphatic carbocycles. The monoisotopic (exact) mass is 141 g/mol. The van der Waals surface area contributed by atoms with E-state index in [-0.39, 0.29) is 0 Å². The van der Waals surface area contributed by atoms with E-state index in [2.05, 4.69) is 20.8 Å². The van der Waals surface area contributed by atoms with E-state index in [1.807, 2.05) is 0 Å². The van der Waals surface area contributed by atoms with E-state index in [1.165, 1.54) is 12.8 Å². The second-order valence-electron chi connectivity index (χ2n) is 4.55. The summed E-state index contributed by atoms with van der Waals surface area (Å²) in [4.78, 5) is 0. The summed E-state index contributed by atoms with van der Waals surface area (Å²) in [7, 11) is 0. The van der Waals surface area contributed by atoms with Crippen LogP contribution in [0, 0.1) is 17.3 Å². The maximum absolute atomic E-state index is 5.57. The summed E-state index contributed by atoms with van der Waals surface area (Å²) in [5.41, 5.74) is 6.19. The fourth-order valence-electron chi connectivity index (χ4n) is 1.95. The molecule has 2 N–H and O–H groups in total. The number of hydrogen-bond donors (Lipinski definition) is 1. The van der Waals surface area contributed by atoms with Crippen LogP contribution in [0.4, 0.5) is 0 Å². The third kappa shape index (κ3) is 1.51. The van der Waals surface area contributed by atoms with Crippen molar-refractivity contribution in [3.63, 3.8) is 0 Å². The van der Waals surface area contributed by atoms with E-state index in [0.29, 0.717) is 5.41 Å². The van der Waals surface area contributed by atoms with E-state index < -0.39 is 0 Å². The van der Waals surface area contributed by atoms with E-state index >= 15 is 0 Å². The van der Waals surface area contributed by atoms with Crippen LogP contribution in [0.5, 0.6) is 0 Å². The zero-order valence-corrected chi connectivity index (χ0v) is 7.35. The molecular weight excluding hydrogens is 122 g/mol. The van der Waals surface area contributed by atoms with Crippen LogP contribution in [-0.4, -0.2) is 6.54 Å². The van der Waals surface area contributed by atoms with Gasteiger partial charge < -0.3 is 5.73 Å². The zero-order chi connectivity index (χ0) is 7.78. The third-order valence-electron chi connectivity index (χ3n) is 2.81. The average molecular weight is 141 g/mol. The lowest BCUT2D eigenvalue weighted by molar-refractivity contribution is 0.0582. The first-order valence-electron chi connectivity index (χ1n) is 4.25. The summed E-state index contributed by atoms with van der Waals surface area (Å²) < 4.78 is 0. The highest BCUT2D eigenvalue weighted by Gasteiger charge is 2.38. The zero-order valence-electron chi connectivity index (χ0n) is 7.35. The van der Waals surface area contributed by atoms with Crippen LogP contribution in [0.3, 0.4) is 0 Å². The third-order valence-corrected chi connectivity index (χ3v) is 2.81. The highest BCUT2D eigenvalue weighted by atomic mass is 14.6. The summed E-state index contributed by atoms with van der Waals surface area (Å²) in [5.74, 6) is 1.66. The van der Waals surface area contributed by atoms with Crippen molar-refractivity contribution in [2.24, 2.45) is 23.0 Å². The fourth-order valence-corrected chi connectivity index (χ4v) is 1.95. The van der Waals surface area contributed by atoms with Gasteiger partial charge in [-0.2, -0.15) is 0 Å². The highest BCUT2D eigenvalue weighted by molar-refractivity contribution is 4.89. The van der Waals surface area contributed by atoms with Gasteiger partial charge in [0.05, 0.1) is 0 Å². The summed E-state index contributed by atoms with van der Waals surface area (Å²) >= 11 is 0. The first kappa shape index (κ1) is 8.06. The molecule has 0 heterocycles. The first-order chi connectivity index (χ1) is 4.55. The molecule has 0 radical (unpaired) electrons. The molecular formula is C9H19N. The molecule has 1 nitrogen and oxygen atoms in total. The van der Waals surface area contributed by atoms with Gasteiger partial charge in [-0.25, -0.2) is 0 Å². The van der Waals surface area contributed by atoms with Crippen LogP contribution in [0.15, 0.2) is 0 Å². The van der Waals surface area contributed by atoms with Gasteiger partial charge in [0.25, 0.3) is 0 Å². The highest BCUT2D eigenvalue weighted by Crippen LogP contribution is 2.47. The molecule has 1 atom stereocenters. The van der Waals surface area contributed by atoms with Crippen LogP contribution < -0.4 is 5.73 Å². The smallest absolute Gasteiger partial charge is 0.00488 e. The molecule has 0 spiro atoms. The van der Waals surface area contributed by atoms with Gasteiger partial charge in [0, 0.05) is 0 Å². The Kier molecular flexibility index (Phi) is 2.04. The van der Waals surface area contributed by atoms with Gasteiger partial charge >= 0.3 is 0 Å². The molecule has 1 rings (SSSR count). The Morgan fingerprint density at radius 1 is 1.50 bits per heavy atom. The average Bonchev–Trinajstić information content (AvgIpc) is 1.81. The maximum atomic E-state index is 5.57. The lowest BCUT2D eigenvalue weighted by atomic mass is 9.60. The predicted molar refractivity (Wildman–Crippen MR) is 44.7 cm³/mol. The number of rotatable bonds is 2. The van der Waals surface area contributed by atoms with E-state index in [0.717, 1.165) is 18.4 Å². The minimum atomic E-state index is 0.619. The van der Waals surface area contributed by atoms with Gasteiger partial charge in [0.1, 0.15) is 0 Å². The van der Waals surface area contributed by atoms with Gasteiger partial charge in [-0.15, -0.1) is 0 Å². The minimum Gasteiger partial charge on any atom is -0.330 e. The van der Waals surface area contributed by atoms with Crippen molar-refractivity contribution in [3.8, 4) is 0 Å². The SMILES string of the molecule is C[C@H](CN)C1CC(C)(C)C1. The molecule has 0 aromatic rings. The van der Waals surface area contributed by atoms with Crippen molar-refractivity contribution in [3.05, 3.63) is 0 Å². The Balaban J connectivity index is 2.26. The van der Waals surface area contributed by atoms with Gasteiger partial charge in [-0.05, 0) is 36.6 Å². The lowest BCUT2D eigenvalue weighted by Gasteiger charge is -2.45. The summed E-state index contributed by atoms with van der Waals surface area (Å²) in [6.07, 6.45) is 2.76. The lowest BCUT2D eigenvalue weighted by Crippen LogP contribution is -2.37. The van der Waals surface area contributed by atoms with Gasteiger partial charge in [-0.3, -0.25) is 0 Å². The molecule has 1 saturated carbocycles. The standard InChI is InChI=1S/C9H19N/c1-7(6-10)8-4-9(2,3)5-8/h7-8H,4-6,10H2,1-3H3/t7-/m1/s1. The van der Waals surface area contributed by atoms with Crippen molar-refractivity contribution in [1.29, 1.82) is 0 Å². The van der Waals surface area contributed by atoms with Crippen LogP contribution >= 0.6 is 0 Å². The maximum Gasteiger partial charge on any atom is -0.00488 e. The number of nitrogens with two attached hydrogens (primary N) is 1. The van der Waals surface area contributed by atoms with Crippen LogP contribution in [0.2, 0.25) is 0 Å². The molecule has 10 heavy (non-hydrogen) atoms. The molecule has 0 aliphatic heterocycles. The molecule has 1 heteroatoms. The Morgan fingerprint density at radius 2 is 2.00 bits per heavy atom. The van der Waals surface area contributed by atoms with Crippen LogP contribution in [0.25, 0.3) is 0 Å². The number of hydrogen-bond acceptors (Lipinski definition) is 1. The first-order valence-corrected chi connectivity index (χ1v) is 4.25. The quantitative estimate of drug-likeness (QED) is 0.625. The normalized spacial score (nSPS) is 27.6. The van der Waals surface area contributed by atoms with Gasteiger partial charge in [0.2, 0.25) is 0 Å². The summed E-state index contributed by atoms with van der Waals surface area (Å²) in [5, 5.41) is 0. The van der Waals surface area contributed by atoms with Crippen molar-refractivity contribution in [1.82, 2.24) is 0 Å². The predicted octanol–water partition coefficient (Wildman–Crippen LogP) is 2.02. The van der Waals surface area contributed by atoms with Crippen LogP contribution in [0.1, 0.15) is 33.6 Å². The van der Waals surface area contributed by atoms with Crippen molar-refractivity contribution in [2.75, 3.05) is 6.54 Å². The molecule has 1 fully saturated rings. The second kappa shape index (κ2) is 2.54. The van der Waals surface area contributed by atoms with Gasteiger partial charge in [0.15, 0.2) is 0 Å². The Hall–Kier alpha value is -0.0400. The summed E-state index contributed by atoms with van der Waals surface area (Å²) in [6, 6.07) is 0. The molecule has 60 valence electrons. The summed E-state index contributed by atoms with van der Waals surface area (Å²) in [6.45, 7) is 7.81. The van der Waals surface area contributed by atoms with E-state index in [9.17, 15) is 0 Å². The van der Waals surface area contributed by atoms with E-state index in [4.69, 9.17) is 5.73 Å². The van der Waals surface area contributed by atoms with Crippen molar-refractivity contribution in [2.45, 2.75) is 33.6 Å². The Labute approximate surface area is 64.0 Å². The molecule has 0 bridgehead atoms. The molecule has 0 aromatic heterocycles. The molecule has 0 saturated heterocycles. The molecule has 0 aromatic carbocycles. The molecule has 0 unspecified atom stereocenters. The molecule has 1 aliphatic rings. The minimum absolute atomic E-state index is 0.619. The molecule has 0 amide bonds. The Bertz CT molecular complexity index is 110. The van der Waals surface area contributed by atoms with Crippen molar-refractivity contribution < 1.29 is 0 Å². The fraction of sp³-hybridized carbons (Fsp3) is 1.00. The largest absolute Gasteiger partial charge is 0.330 e. The van der Waals surface area contributed by atoms with Gasteiger partial charge in [-0.1, -0.05) is 20.8 Å².